The molecule has 0 saturated heterocycles. The zero-order valence-electron chi connectivity index (χ0n) is 21.8. The number of aromatic nitrogens is 1. The van der Waals surface area contributed by atoms with E-state index in [2.05, 4.69) is 4.98 Å². The number of anilines is 2. The molecule has 8 nitrogen and oxygen atoms in total. The number of allylic oxidation sites excluding steroid dienone is 2. The monoisotopic (exact) mass is 553 g/mol. The zero-order chi connectivity index (χ0) is 27.1. The van der Waals surface area contributed by atoms with Gasteiger partial charge in [0.05, 0.1) is 11.3 Å². The molecule has 1 aromatic carbocycles. The number of carbonyl (C=O) groups is 2. The van der Waals surface area contributed by atoms with Gasteiger partial charge in [-0.05, 0) is 24.5 Å². The number of halogens is 1. The molecule has 38 heavy (non-hydrogen) atoms. The highest BCUT2D eigenvalue weighted by atomic mass is 35.5. The summed E-state index contributed by atoms with van der Waals surface area (Å²) in [5.41, 5.74) is 3.02. The van der Waals surface area contributed by atoms with Gasteiger partial charge >= 0.3 is 6.09 Å². The average Bonchev–Trinajstić information content (AvgIpc) is 3.42. The second-order valence-corrected chi connectivity index (χ2v) is 10.4. The van der Waals surface area contributed by atoms with E-state index in [0.29, 0.717) is 49.1 Å². The van der Waals surface area contributed by atoms with Crippen LogP contribution in [0.15, 0.2) is 60.1 Å². The van der Waals surface area contributed by atoms with Gasteiger partial charge in [-0.2, -0.15) is 11.8 Å². The van der Waals surface area contributed by atoms with Gasteiger partial charge in [0.15, 0.2) is 7.28 Å². The van der Waals surface area contributed by atoms with E-state index in [-0.39, 0.29) is 18.1 Å². The van der Waals surface area contributed by atoms with E-state index in [1.807, 2.05) is 67.9 Å². The quantitative estimate of drug-likeness (QED) is 0.243. The van der Waals surface area contributed by atoms with Crippen molar-refractivity contribution in [1.82, 2.24) is 9.88 Å². The predicted molar refractivity (Wildman–Crippen MR) is 155 cm³/mol. The van der Waals surface area contributed by atoms with Crippen molar-refractivity contribution in [3.05, 3.63) is 70.8 Å². The number of thioether (sulfide) groups is 1. The summed E-state index contributed by atoms with van der Waals surface area (Å²) >= 11 is 7.72. The van der Waals surface area contributed by atoms with Gasteiger partial charge in [-0.1, -0.05) is 35.3 Å². The van der Waals surface area contributed by atoms with Crippen LogP contribution < -0.4 is 14.5 Å². The first-order valence-corrected chi connectivity index (χ1v) is 14.2. The zero-order valence-corrected chi connectivity index (χ0v) is 23.4. The topological polar surface area (TPSA) is 75.2 Å². The Bertz CT molecular complexity index is 1230. The maximum atomic E-state index is 13.5. The van der Waals surface area contributed by atoms with Crippen molar-refractivity contribution >= 4 is 54.0 Å². The highest BCUT2D eigenvalue weighted by Crippen LogP contribution is 2.31. The normalized spacial score (nSPS) is 15.4. The summed E-state index contributed by atoms with van der Waals surface area (Å²) in [5.74, 6) is 3.23. The van der Waals surface area contributed by atoms with Crippen molar-refractivity contribution in [2.45, 2.75) is 12.5 Å². The van der Waals surface area contributed by atoms with Crippen LogP contribution in [0.1, 0.15) is 16.8 Å². The summed E-state index contributed by atoms with van der Waals surface area (Å²) in [7, 11) is 5.67. The Hall–Kier alpha value is -3.11. The molecular weight excluding hydrogens is 523 g/mol. The molecule has 0 fully saturated rings. The molecule has 0 saturated carbocycles. The Morgan fingerprint density at radius 1 is 1.32 bits per heavy atom. The lowest BCUT2D eigenvalue weighted by molar-refractivity contribution is 0.0989. The third-order valence-corrected chi connectivity index (χ3v) is 7.20. The molecule has 11 heteroatoms. The third kappa shape index (κ3) is 6.85. The van der Waals surface area contributed by atoms with Crippen LogP contribution >= 0.6 is 23.4 Å². The molecular formula is C27H31BClN4O4S. The number of benzene rings is 1. The first kappa shape index (κ1) is 27.9. The number of likely N-dealkylation sites (N-methyl/N-ethyl adjacent to an activating group) is 1. The molecule has 0 unspecified atom stereocenters. The molecule has 2 aromatic rings. The number of carbonyl (C=O) groups excluding carboxylic acids is 2. The number of hydrogen-bond donors (Lipinski definition) is 0. The molecule has 4 rings (SSSR count). The average molecular weight is 554 g/mol. The Balaban J connectivity index is 1.48. The van der Waals surface area contributed by atoms with E-state index in [1.54, 1.807) is 34.7 Å². The molecule has 3 heterocycles. The van der Waals surface area contributed by atoms with Gasteiger partial charge in [-0.15, -0.1) is 5.98 Å². The number of ether oxygens (including phenoxy) is 2. The lowest BCUT2D eigenvalue weighted by atomic mass is 9.70. The van der Waals surface area contributed by atoms with Crippen LogP contribution in [0, 0.1) is 0 Å². The molecule has 0 N–H and O–H groups in total. The molecule has 2 amide bonds. The van der Waals surface area contributed by atoms with Crippen molar-refractivity contribution in [3.8, 4) is 5.75 Å². The third-order valence-electron chi connectivity index (χ3n) is 6.41. The molecule has 1 atom stereocenters. The van der Waals surface area contributed by atoms with Crippen LogP contribution in [0.5, 0.6) is 5.75 Å². The fourth-order valence-electron chi connectivity index (χ4n) is 4.28. The van der Waals surface area contributed by atoms with Gasteiger partial charge in [-0.3, -0.25) is 4.79 Å². The van der Waals surface area contributed by atoms with Gasteiger partial charge in [0.25, 0.3) is 5.91 Å². The highest BCUT2D eigenvalue weighted by Gasteiger charge is 2.27. The first-order chi connectivity index (χ1) is 18.4. The van der Waals surface area contributed by atoms with Crippen LogP contribution in [0.2, 0.25) is 5.15 Å². The first-order valence-electron chi connectivity index (χ1n) is 12.4. The Kier molecular flexibility index (Phi) is 9.63. The largest absolute Gasteiger partial charge is 0.487 e. The summed E-state index contributed by atoms with van der Waals surface area (Å²) in [5, 5.41) is 0.352. The fourth-order valence-corrected chi connectivity index (χ4v) is 4.68. The Morgan fingerprint density at radius 2 is 2.16 bits per heavy atom. The van der Waals surface area contributed by atoms with E-state index in [0.717, 1.165) is 22.6 Å². The van der Waals surface area contributed by atoms with Crippen molar-refractivity contribution in [1.29, 1.82) is 0 Å². The molecule has 1 radical (unpaired) electrons. The molecule has 0 spiro atoms. The lowest BCUT2D eigenvalue weighted by Crippen LogP contribution is -2.34. The minimum Gasteiger partial charge on any atom is -0.487 e. The van der Waals surface area contributed by atoms with Crippen molar-refractivity contribution < 1.29 is 19.1 Å². The molecule has 0 aliphatic carbocycles. The number of nitrogens with zero attached hydrogens (tertiary/aromatic N) is 4. The van der Waals surface area contributed by atoms with Gasteiger partial charge < -0.3 is 24.2 Å². The number of hydrogen-bond acceptors (Lipinski definition) is 7. The minimum absolute atomic E-state index is 0.139. The molecule has 2 aliphatic heterocycles. The van der Waals surface area contributed by atoms with E-state index in [1.165, 1.54) is 6.20 Å². The van der Waals surface area contributed by atoms with E-state index in [4.69, 9.17) is 21.1 Å². The van der Waals surface area contributed by atoms with E-state index in [9.17, 15) is 9.59 Å². The van der Waals surface area contributed by atoms with Crippen molar-refractivity contribution in [3.63, 3.8) is 0 Å². The van der Waals surface area contributed by atoms with Crippen LogP contribution in [0.4, 0.5) is 16.2 Å². The second kappa shape index (κ2) is 13.1. The highest BCUT2D eigenvalue weighted by molar-refractivity contribution is 7.98. The van der Waals surface area contributed by atoms with Gasteiger partial charge in [0.1, 0.15) is 23.6 Å². The van der Waals surface area contributed by atoms with Crippen LogP contribution in [-0.2, 0) is 4.74 Å². The van der Waals surface area contributed by atoms with E-state index < -0.39 is 0 Å². The molecule has 199 valence electrons. The SMILES string of the molecule is CSCCOC(=O)N(C)CC[C@H](Oc1cccc(N2CCN(C)c3cc(Cl)ncc3C2=O)c1)C1=CC=C[B]1. The van der Waals surface area contributed by atoms with Crippen LogP contribution in [0.3, 0.4) is 0 Å². The predicted octanol–water partition coefficient (Wildman–Crippen LogP) is 4.52. The van der Waals surface area contributed by atoms with Crippen molar-refractivity contribution in [2.75, 3.05) is 62.1 Å². The number of amides is 2. The summed E-state index contributed by atoms with van der Waals surface area (Å²) in [6.45, 7) is 2.00. The van der Waals surface area contributed by atoms with Gasteiger partial charge in [-0.25, -0.2) is 9.78 Å². The van der Waals surface area contributed by atoms with Crippen LogP contribution in [-0.4, -0.2) is 87.6 Å². The molecule has 1 aromatic heterocycles. The summed E-state index contributed by atoms with van der Waals surface area (Å²) in [6.07, 6.45) is 7.43. The number of fused-ring (bicyclic) bond motifs is 1. The van der Waals surface area contributed by atoms with Gasteiger partial charge in [0, 0.05) is 63.9 Å². The maximum Gasteiger partial charge on any atom is 0.409 e. The standard InChI is InChI=1S/C27H31BClN4O4S/c1-31-12-13-33(26(34)21-18-30-25(29)17-23(21)31)19-6-4-7-20(16-19)37-24(22-8-5-10-28-22)9-11-32(2)27(35)36-14-15-38-3/h4-8,10,16-18,24H,9,11-15H2,1-3H3/t24-/m0/s1. The Labute approximate surface area is 233 Å². The number of rotatable bonds is 10. The van der Waals surface area contributed by atoms with Crippen molar-refractivity contribution in [2.24, 2.45) is 0 Å². The molecule has 2 aliphatic rings. The molecule has 0 bridgehead atoms. The summed E-state index contributed by atoms with van der Waals surface area (Å²) in [4.78, 5) is 35.2. The Morgan fingerprint density at radius 3 is 2.92 bits per heavy atom. The number of pyridine rings is 1. The fraction of sp³-hybridized carbons (Fsp3) is 0.370. The minimum atomic E-state index is -0.344. The van der Waals surface area contributed by atoms with Crippen LogP contribution in [0.25, 0.3) is 0 Å². The summed E-state index contributed by atoms with van der Waals surface area (Å²) < 4.78 is 11.7. The lowest BCUT2D eigenvalue weighted by Gasteiger charge is -2.25. The maximum absolute atomic E-state index is 13.5. The van der Waals surface area contributed by atoms with Gasteiger partial charge in [0.2, 0.25) is 0 Å². The smallest absolute Gasteiger partial charge is 0.409 e. The van der Waals surface area contributed by atoms with E-state index >= 15 is 0 Å². The second-order valence-electron chi connectivity index (χ2n) is 9.04. The summed E-state index contributed by atoms with van der Waals surface area (Å²) in [6, 6.07) is 9.25.